The normalized spacial score (nSPS) is 10.1. The van der Waals surface area contributed by atoms with Crippen molar-refractivity contribution in [3.63, 3.8) is 0 Å². The second kappa shape index (κ2) is 8.49. The average molecular weight is 393 g/mol. The van der Waals surface area contributed by atoms with E-state index in [0.29, 0.717) is 17.1 Å². The molecule has 126 valence electrons. The van der Waals surface area contributed by atoms with Crippen molar-refractivity contribution >= 4 is 27.7 Å². The monoisotopic (exact) mass is 392 g/mol. The van der Waals surface area contributed by atoms with Gasteiger partial charge in [0.15, 0.2) is 19.0 Å². The molecule has 0 radical (unpaired) electrons. The summed E-state index contributed by atoms with van der Waals surface area (Å²) in [6, 6.07) is 12.1. The molecule has 0 aliphatic heterocycles. The molecule has 24 heavy (non-hydrogen) atoms. The molecule has 0 unspecified atom stereocenters. The molecule has 0 saturated heterocycles. The van der Waals surface area contributed by atoms with Gasteiger partial charge < -0.3 is 14.2 Å². The SMILES string of the molecule is COc1ccc(C(=O)COC(=O)COc2ccc(C)cc2Br)cc1. The fourth-order valence-corrected chi connectivity index (χ4v) is 2.52. The maximum absolute atomic E-state index is 11.9. The van der Waals surface area contributed by atoms with Crippen molar-refractivity contribution in [2.24, 2.45) is 0 Å². The van der Waals surface area contributed by atoms with Crippen molar-refractivity contribution in [3.8, 4) is 11.5 Å². The third-order valence-corrected chi connectivity index (χ3v) is 3.83. The van der Waals surface area contributed by atoms with Crippen LogP contribution >= 0.6 is 15.9 Å². The lowest BCUT2D eigenvalue weighted by Crippen LogP contribution is -2.19. The third-order valence-electron chi connectivity index (χ3n) is 3.21. The molecular weight excluding hydrogens is 376 g/mol. The quantitative estimate of drug-likeness (QED) is 0.532. The fourth-order valence-electron chi connectivity index (χ4n) is 1.91. The molecule has 0 N–H and O–H groups in total. The van der Waals surface area contributed by atoms with Crippen LogP contribution in [0.1, 0.15) is 15.9 Å². The van der Waals surface area contributed by atoms with Crippen molar-refractivity contribution in [2.75, 3.05) is 20.3 Å². The summed E-state index contributed by atoms with van der Waals surface area (Å²) in [7, 11) is 1.55. The average Bonchev–Trinajstić information content (AvgIpc) is 2.59. The topological polar surface area (TPSA) is 61.8 Å². The van der Waals surface area contributed by atoms with Crippen molar-refractivity contribution in [3.05, 3.63) is 58.1 Å². The maximum Gasteiger partial charge on any atom is 0.344 e. The van der Waals surface area contributed by atoms with Crippen LogP contribution in [0.15, 0.2) is 46.9 Å². The number of hydrogen-bond acceptors (Lipinski definition) is 5. The predicted molar refractivity (Wildman–Crippen MR) is 92.7 cm³/mol. The highest BCUT2D eigenvalue weighted by Crippen LogP contribution is 2.25. The first kappa shape index (κ1) is 18.0. The maximum atomic E-state index is 11.9. The van der Waals surface area contributed by atoms with E-state index in [1.165, 1.54) is 0 Å². The number of halogens is 1. The predicted octanol–water partition coefficient (Wildman–Crippen LogP) is 3.57. The molecule has 5 nitrogen and oxygen atoms in total. The van der Waals surface area contributed by atoms with E-state index in [-0.39, 0.29) is 19.0 Å². The van der Waals surface area contributed by atoms with Crippen LogP contribution in [0.5, 0.6) is 11.5 Å². The Hall–Kier alpha value is -2.34. The highest BCUT2D eigenvalue weighted by atomic mass is 79.9. The molecule has 2 rings (SSSR count). The summed E-state index contributed by atoms with van der Waals surface area (Å²) in [6.07, 6.45) is 0. The van der Waals surface area contributed by atoms with E-state index in [2.05, 4.69) is 15.9 Å². The van der Waals surface area contributed by atoms with E-state index in [0.717, 1.165) is 10.0 Å². The van der Waals surface area contributed by atoms with Crippen LogP contribution in [0.4, 0.5) is 0 Å². The molecule has 0 fully saturated rings. The summed E-state index contributed by atoms with van der Waals surface area (Å²) in [6.45, 7) is 1.36. The van der Waals surface area contributed by atoms with Gasteiger partial charge in [-0.15, -0.1) is 0 Å². The van der Waals surface area contributed by atoms with Crippen molar-refractivity contribution in [1.82, 2.24) is 0 Å². The van der Waals surface area contributed by atoms with Gasteiger partial charge >= 0.3 is 5.97 Å². The van der Waals surface area contributed by atoms with Gasteiger partial charge in [0.1, 0.15) is 11.5 Å². The second-order valence-electron chi connectivity index (χ2n) is 5.03. The molecular formula is C18H17BrO5. The minimum atomic E-state index is -0.607. The van der Waals surface area contributed by atoms with Gasteiger partial charge in [0, 0.05) is 5.56 Å². The molecule has 0 amide bonds. The summed E-state index contributed by atoms with van der Waals surface area (Å²) >= 11 is 3.36. The highest BCUT2D eigenvalue weighted by molar-refractivity contribution is 9.10. The molecule has 0 aliphatic carbocycles. The first-order valence-corrected chi connectivity index (χ1v) is 8.00. The van der Waals surface area contributed by atoms with Crippen LogP contribution in [0.2, 0.25) is 0 Å². The molecule has 0 saturated carbocycles. The van der Waals surface area contributed by atoms with E-state index >= 15 is 0 Å². The number of hydrogen-bond donors (Lipinski definition) is 0. The lowest BCUT2D eigenvalue weighted by Gasteiger charge is -2.09. The zero-order valence-corrected chi connectivity index (χ0v) is 15.0. The fraction of sp³-hybridized carbons (Fsp3) is 0.222. The molecule has 0 bridgehead atoms. The van der Waals surface area contributed by atoms with E-state index in [4.69, 9.17) is 14.2 Å². The zero-order valence-electron chi connectivity index (χ0n) is 13.4. The lowest BCUT2D eigenvalue weighted by atomic mass is 10.1. The van der Waals surface area contributed by atoms with Crippen LogP contribution in [-0.4, -0.2) is 32.1 Å². The van der Waals surface area contributed by atoms with Gasteiger partial charge in [0.25, 0.3) is 0 Å². The standard InChI is InChI=1S/C18H17BrO5/c1-12-3-8-17(15(19)9-12)23-11-18(21)24-10-16(20)13-4-6-14(22-2)7-5-13/h3-9H,10-11H2,1-2H3. The summed E-state index contributed by atoms with van der Waals surface area (Å²) in [5.41, 5.74) is 1.52. The number of methoxy groups -OCH3 is 1. The first-order valence-electron chi connectivity index (χ1n) is 7.21. The Morgan fingerprint density at radius 1 is 1.04 bits per heavy atom. The van der Waals surface area contributed by atoms with Crippen LogP contribution in [0, 0.1) is 6.92 Å². The number of ether oxygens (including phenoxy) is 3. The van der Waals surface area contributed by atoms with E-state index < -0.39 is 5.97 Å². The Morgan fingerprint density at radius 3 is 2.38 bits per heavy atom. The Bertz CT molecular complexity index is 725. The highest BCUT2D eigenvalue weighted by Gasteiger charge is 2.11. The van der Waals surface area contributed by atoms with Gasteiger partial charge in [-0.2, -0.15) is 0 Å². The van der Waals surface area contributed by atoms with Crippen LogP contribution < -0.4 is 9.47 Å². The molecule has 0 aromatic heterocycles. The first-order chi connectivity index (χ1) is 11.5. The Morgan fingerprint density at radius 2 is 1.75 bits per heavy atom. The number of carbonyl (C=O) groups is 2. The van der Waals surface area contributed by atoms with Crippen molar-refractivity contribution in [1.29, 1.82) is 0 Å². The van der Waals surface area contributed by atoms with Crippen molar-refractivity contribution < 1.29 is 23.8 Å². The number of carbonyl (C=O) groups excluding carboxylic acids is 2. The third kappa shape index (κ3) is 5.09. The molecule has 0 aliphatic rings. The number of Topliss-reactive ketones (excluding diaryl/α,β-unsaturated/α-hetero) is 1. The largest absolute Gasteiger partial charge is 0.497 e. The molecule has 0 heterocycles. The minimum absolute atomic E-state index is 0.266. The van der Waals surface area contributed by atoms with E-state index in [1.807, 2.05) is 19.1 Å². The molecule has 0 spiro atoms. The van der Waals surface area contributed by atoms with Gasteiger partial charge in [-0.05, 0) is 64.8 Å². The zero-order chi connectivity index (χ0) is 17.5. The summed E-state index contributed by atoms with van der Waals surface area (Å²) < 4.78 is 16.1. The lowest BCUT2D eigenvalue weighted by molar-refractivity contribution is -0.144. The second-order valence-corrected chi connectivity index (χ2v) is 5.89. The smallest absolute Gasteiger partial charge is 0.344 e. The van der Waals surface area contributed by atoms with Crippen molar-refractivity contribution in [2.45, 2.75) is 6.92 Å². The van der Waals surface area contributed by atoms with Crippen LogP contribution in [-0.2, 0) is 9.53 Å². The van der Waals surface area contributed by atoms with Gasteiger partial charge in [-0.25, -0.2) is 4.79 Å². The number of aryl methyl sites for hydroxylation is 1. The number of esters is 1. The molecule has 6 heteroatoms. The summed E-state index contributed by atoms with van der Waals surface area (Å²) in [5.74, 6) is 0.298. The Balaban J connectivity index is 1.80. The Labute approximate surface area is 148 Å². The van der Waals surface area contributed by atoms with Crippen LogP contribution in [0.3, 0.4) is 0 Å². The molecule has 2 aromatic rings. The minimum Gasteiger partial charge on any atom is -0.497 e. The Kier molecular flexibility index (Phi) is 6.37. The van der Waals surface area contributed by atoms with Gasteiger partial charge in [-0.1, -0.05) is 6.07 Å². The summed E-state index contributed by atoms with van der Waals surface area (Å²) in [5, 5.41) is 0. The molecule has 0 atom stereocenters. The number of ketones is 1. The van der Waals surface area contributed by atoms with Crippen LogP contribution in [0.25, 0.3) is 0 Å². The number of rotatable bonds is 7. The number of benzene rings is 2. The van der Waals surface area contributed by atoms with E-state index in [1.54, 1.807) is 37.4 Å². The van der Waals surface area contributed by atoms with E-state index in [9.17, 15) is 9.59 Å². The van der Waals surface area contributed by atoms with Gasteiger partial charge in [-0.3, -0.25) is 4.79 Å². The van der Waals surface area contributed by atoms with Gasteiger partial charge in [0.2, 0.25) is 0 Å². The summed E-state index contributed by atoms with van der Waals surface area (Å²) in [4.78, 5) is 23.6. The molecule has 2 aromatic carbocycles. The van der Waals surface area contributed by atoms with Gasteiger partial charge in [0.05, 0.1) is 11.6 Å².